The van der Waals surface area contributed by atoms with Gasteiger partial charge in [0.1, 0.15) is 5.82 Å². The quantitative estimate of drug-likeness (QED) is 0.579. The molecule has 0 bridgehead atoms. The van der Waals surface area contributed by atoms with Crippen molar-refractivity contribution in [3.05, 3.63) is 76.2 Å². The van der Waals surface area contributed by atoms with Gasteiger partial charge in [0.15, 0.2) is 0 Å². The van der Waals surface area contributed by atoms with Gasteiger partial charge in [-0.25, -0.2) is 4.98 Å². The fourth-order valence-electron chi connectivity index (χ4n) is 2.16. The summed E-state index contributed by atoms with van der Waals surface area (Å²) in [5.41, 5.74) is 1.67. The number of hydrogen-bond donors (Lipinski definition) is 1. The van der Waals surface area contributed by atoms with Crippen LogP contribution in [0.3, 0.4) is 0 Å². The summed E-state index contributed by atoms with van der Waals surface area (Å²) in [6, 6.07) is 12.8. The summed E-state index contributed by atoms with van der Waals surface area (Å²) in [6.45, 7) is 0. The van der Waals surface area contributed by atoms with E-state index in [1.54, 1.807) is 6.20 Å². The molecule has 0 aliphatic rings. The average Bonchev–Trinajstić information content (AvgIpc) is 3.03. The van der Waals surface area contributed by atoms with E-state index in [9.17, 15) is 13.2 Å². The first-order chi connectivity index (χ1) is 11.4. The number of rotatable bonds is 3. The fourth-order valence-corrected chi connectivity index (χ4v) is 2.42. The Labute approximate surface area is 145 Å². The molecule has 0 unspecified atom stereocenters. The van der Waals surface area contributed by atoms with Gasteiger partial charge in [-0.1, -0.05) is 46.3 Å². The van der Waals surface area contributed by atoms with Crippen molar-refractivity contribution < 1.29 is 13.2 Å². The van der Waals surface area contributed by atoms with Crippen LogP contribution in [0.15, 0.2) is 59.2 Å². The molecule has 1 aromatic heterocycles. The molecule has 0 aliphatic heterocycles. The molecule has 3 rings (SSSR count). The number of halogens is 4. The molecule has 0 saturated carbocycles. The van der Waals surface area contributed by atoms with Gasteiger partial charge < -0.3 is 4.98 Å². The van der Waals surface area contributed by atoms with Gasteiger partial charge in [-0.05, 0) is 41.5 Å². The van der Waals surface area contributed by atoms with Gasteiger partial charge >= 0.3 is 6.18 Å². The van der Waals surface area contributed by atoms with E-state index in [-0.39, 0.29) is 0 Å². The molecule has 0 spiro atoms. The van der Waals surface area contributed by atoms with Crippen LogP contribution in [-0.2, 0) is 6.18 Å². The first-order valence-electron chi connectivity index (χ1n) is 7.08. The predicted octanol–water partition coefficient (Wildman–Crippen LogP) is 6.03. The van der Waals surface area contributed by atoms with Gasteiger partial charge in [-0.15, -0.1) is 0 Å². The average molecular weight is 393 g/mol. The molecule has 1 heterocycles. The normalized spacial score (nSPS) is 12.0. The summed E-state index contributed by atoms with van der Waals surface area (Å²) in [6.07, 6.45) is 0.994. The summed E-state index contributed by atoms with van der Waals surface area (Å²) < 4.78 is 38.7. The SMILES string of the molecule is FC(F)(F)c1ccc(-c2cnc(/C=C/c3ccc(Br)cc3)[nH]2)cc1. The maximum Gasteiger partial charge on any atom is 0.416 e. The van der Waals surface area contributed by atoms with E-state index >= 15 is 0 Å². The first kappa shape index (κ1) is 16.5. The lowest BCUT2D eigenvalue weighted by atomic mass is 10.1. The van der Waals surface area contributed by atoms with Gasteiger partial charge in [0, 0.05) is 4.47 Å². The van der Waals surface area contributed by atoms with Crippen LogP contribution in [0, 0.1) is 0 Å². The molecule has 0 fully saturated rings. The lowest BCUT2D eigenvalue weighted by Gasteiger charge is -2.06. The molecule has 0 amide bonds. The molecule has 0 aliphatic carbocycles. The number of hydrogen-bond acceptors (Lipinski definition) is 1. The van der Waals surface area contributed by atoms with Crippen LogP contribution in [0.4, 0.5) is 13.2 Å². The molecule has 6 heteroatoms. The molecular formula is C18H12BrF3N2. The second-order valence-corrected chi connectivity index (χ2v) is 6.06. The molecule has 3 aromatic rings. The smallest absolute Gasteiger partial charge is 0.338 e. The molecule has 122 valence electrons. The van der Waals surface area contributed by atoms with Crippen LogP contribution < -0.4 is 0 Å². The highest BCUT2D eigenvalue weighted by Gasteiger charge is 2.29. The lowest BCUT2D eigenvalue weighted by Crippen LogP contribution is -2.03. The molecule has 1 N–H and O–H groups in total. The van der Waals surface area contributed by atoms with E-state index in [0.29, 0.717) is 17.1 Å². The zero-order chi connectivity index (χ0) is 17.2. The predicted molar refractivity (Wildman–Crippen MR) is 92.1 cm³/mol. The highest BCUT2D eigenvalue weighted by atomic mass is 79.9. The Morgan fingerprint density at radius 2 is 1.58 bits per heavy atom. The van der Waals surface area contributed by atoms with Crippen molar-refractivity contribution in [1.29, 1.82) is 0 Å². The number of H-pyrrole nitrogens is 1. The van der Waals surface area contributed by atoms with E-state index in [1.807, 2.05) is 36.4 Å². The van der Waals surface area contributed by atoms with Crippen LogP contribution >= 0.6 is 15.9 Å². The van der Waals surface area contributed by atoms with E-state index in [4.69, 9.17) is 0 Å². The van der Waals surface area contributed by atoms with Crippen molar-refractivity contribution in [2.75, 3.05) is 0 Å². The van der Waals surface area contributed by atoms with Crippen molar-refractivity contribution in [2.45, 2.75) is 6.18 Å². The van der Waals surface area contributed by atoms with E-state index in [2.05, 4.69) is 25.9 Å². The third-order valence-electron chi connectivity index (χ3n) is 3.42. The zero-order valence-electron chi connectivity index (χ0n) is 12.3. The number of imidazole rings is 1. The third-order valence-corrected chi connectivity index (χ3v) is 3.95. The molecular weight excluding hydrogens is 381 g/mol. The van der Waals surface area contributed by atoms with Crippen molar-refractivity contribution in [3.8, 4) is 11.3 Å². The topological polar surface area (TPSA) is 28.7 Å². The highest BCUT2D eigenvalue weighted by Crippen LogP contribution is 2.30. The Morgan fingerprint density at radius 1 is 0.917 bits per heavy atom. The molecule has 24 heavy (non-hydrogen) atoms. The second kappa shape index (κ2) is 6.65. The third kappa shape index (κ3) is 3.94. The minimum Gasteiger partial charge on any atom is -0.338 e. The van der Waals surface area contributed by atoms with Crippen molar-refractivity contribution in [3.63, 3.8) is 0 Å². The number of aromatic nitrogens is 2. The van der Waals surface area contributed by atoms with Gasteiger partial charge in [-0.3, -0.25) is 0 Å². The summed E-state index contributed by atoms with van der Waals surface area (Å²) in [7, 11) is 0. The van der Waals surface area contributed by atoms with Crippen LogP contribution in [0.2, 0.25) is 0 Å². The fraction of sp³-hybridized carbons (Fsp3) is 0.0556. The minimum absolute atomic E-state index is 0.632. The van der Waals surface area contributed by atoms with Crippen LogP contribution in [0.25, 0.3) is 23.4 Å². The Balaban J connectivity index is 1.76. The molecule has 0 saturated heterocycles. The molecule has 2 nitrogen and oxygen atoms in total. The number of aromatic amines is 1. The summed E-state index contributed by atoms with van der Waals surface area (Å²) in [5, 5.41) is 0. The van der Waals surface area contributed by atoms with Gasteiger partial charge in [0.2, 0.25) is 0 Å². The minimum atomic E-state index is -4.33. The highest BCUT2D eigenvalue weighted by molar-refractivity contribution is 9.10. The van der Waals surface area contributed by atoms with E-state index in [1.165, 1.54) is 12.1 Å². The second-order valence-electron chi connectivity index (χ2n) is 5.14. The van der Waals surface area contributed by atoms with Crippen molar-refractivity contribution >= 4 is 28.1 Å². The van der Waals surface area contributed by atoms with E-state index < -0.39 is 11.7 Å². The Kier molecular flexibility index (Phi) is 4.57. The Bertz CT molecular complexity index is 847. The van der Waals surface area contributed by atoms with Gasteiger partial charge in [0.05, 0.1) is 17.5 Å². The lowest BCUT2D eigenvalue weighted by molar-refractivity contribution is -0.137. The maximum absolute atomic E-state index is 12.6. The van der Waals surface area contributed by atoms with Crippen LogP contribution in [0.1, 0.15) is 17.0 Å². The number of nitrogens with one attached hydrogen (secondary N) is 1. The largest absolute Gasteiger partial charge is 0.416 e. The Morgan fingerprint density at radius 3 is 2.21 bits per heavy atom. The Hall–Kier alpha value is -2.34. The standard InChI is InChI=1S/C18H12BrF3N2/c19-15-8-1-12(2-9-15)3-10-17-23-11-16(24-17)13-4-6-14(7-5-13)18(20,21)22/h1-11H,(H,23,24)/b10-3+. The molecule has 0 atom stereocenters. The monoisotopic (exact) mass is 392 g/mol. The number of benzene rings is 2. The van der Waals surface area contributed by atoms with Crippen LogP contribution in [0.5, 0.6) is 0 Å². The molecule has 0 radical (unpaired) electrons. The summed E-state index contributed by atoms with van der Waals surface area (Å²) >= 11 is 3.37. The number of alkyl halides is 3. The van der Waals surface area contributed by atoms with Crippen molar-refractivity contribution in [1.82, 2.24) is 9.97 Å². The van der Waals surface area contributed by atoms with Gasteiger partial charge in [-0.2, -0.15) is 13.2 Å². The number of nitrogens with zero attached hydrogens (tertiary/aromatic N) is 1. The summed E-state index contributed by atoms with van der Waals surface area (Å²) in [5.74, 6) is 0.632. The first-order valence-corrected chi connectivity index (χ1v) is 7.87. The van der Waals surface area contributed by atoms with Crippen LogP contribution in [-0.4, -0.2) is 9.97 Å². The molecule has 2 aromatic carbocycles. The maximum atomic E-state index is 12.6. The summed E-state index contributed by atoms with van der Waals surface area (Å²) in [4.78, 5) is 7.30. The van der Waals surface area contributed by atoms with Gasteiger partial charge in [0.25, 0.3) is 0 Å². The van der Waals surface area contributed by atoms with Crippen molar-refractivity contribution in [2.24, 2.45) is 0 Å². The zero-order valence-corrected chi connectivity index (χ0v) is 13.9. The van der Waals surface area contributed by atoms with E-state index in [0.717, 1.165) is 22.2 Å².